The summed E-state index contributed by atoms with van der Waals surface area (Å²) in [5.41, 5.74) is 1.53. The van der Waals surface area contributed by atoms with Crippen LogP contribution in [0, 0.1) is 12.8 Å². The largest absolute Gasteiger partial charge is 0.481 e. The van der Waals surface area contributed by atoms with Gasteiger partial charge in [-0.15, -0.1) is 0 Å². The molecule has 6 nitrogen and oxygen atoms in total. The smallest absolute Gasteiger partial charge is 0.308 e. The van der Waals surface area contributed by atoms with E-state index in [1.807, 2.05) is 13.0 Å². The Kier molecular flexibility index (Phi) is 5.99. The molecule has 1 atom stereocenters. The molecule has 2 amide bonds. The minimum Gasteiger partial charge on any atom is -0.481 e. The van der Waals surface area contributed by atoms with Crippen molar-refractivity contribution in [2.75, 3.05) is 26.7 Å². The van der Waals surface area contributed by atoms with Crippen LogP contribution in [-0.2, 0) is 9.59 Å². The molecule has 1 fully saturated rings. The molecule has 1 unspecified atom stereocenters. The predicted octanol–water partition coefficient (Wildman–Crippen LogP) is 2.15. The van der Waals surface area contributed by atoms with E-state index in [2.05, 4.69) is 15.9 Å². The molecule has 0 bridgehead atoms. The van der Waals surface area contributed by atoms with Crippen molar-refractivity contribution in [3.8, 4) is 0 Å². The molecule has 1 heterocycles. The summed E-state index contributed by atoms with van der Waals surface area (Å²) in [7, 11) is 1.58. The molecule has 0 saturated carbocycles. The van der Waals surface area contributed by atoms with Crippen molar-refractivity contribution >= 4 is 33.7 Å². The summed E-state index contributed by atoms with van der Waals surface area (Å²) in [6.07, 6.45) is 1.26. The second kappa shape index (κ2) is 7.79. The fraction of sp³-hybridized carbons (Fsp3) is 0.471. The van der Waals surface area contributed by atoms with Gasteiger partial charge in [-0.25, -0.2) is 0 Å². The van der Waals surface area contributed by atoms with Crippen LogP contribution in [0.2, 0.25) is 0 Å². The third-order valence-corrected chi connectivity index (χ3v) is 5.12. The fourth-order valence-electron chi connectivity index (χ4n) is 2.73. The van der Waals surface area contributed by atoms with Crippen LogP contribution in [0.3, 0.4) is 0 Å². The van der Waals surface area contributed by atoms with Crippen molar-refractivity contribution in [1.29, 1.82) is 0 Å². The SMILES string of the molecule is Cc1ccc(C(=O)N(C)CC(=O)N2CCCC(C(=O)O)C2)cc1Br. The quantitative estimate of drug-likeness (QED) is 0.845. The van der Waals surface area contributed by atoms with Crippen LogP contribution >= 0.6 is 15.9 Å². The van der Waals surface area contributed by atoms with Gasteiger partial charge in [0.15, 0.2) is 0 Å². The van der Waals surface area contributed by atoms with Crippen molar-refractivity contribution in [2.45, 2.75) is 19.8 Å². The maximum atomic E-state index is 12.4. The number of amides is 2. The number of nitrogens with zero attached hydrogens (tertiary/aromatic N) is 2. The van der Waals surface area contributed by atoms with E-state index in [1.165, 1.54) is 9.80 Å². The van der Waals surface area contributed by atoms with Gasteiger partial charge in [0.05, 0.1) is 12.5 Å². The molecule has 0 radical (unpaired) electrons. The van der Waals surface area contributed by atoms with Crippen LogP contribution in [0.4, 0.5) is 0 Å². The molecule has 1 aromatic rings. The van der Waals surface area contributed by atoms with E-state index in [9.17, 15) is 14.4 Å². The Balaban J connectivity index is 1.98. The van der Waals surface area contributed by atoms with Gasteiger partial charge in [-0.3, -0.25) is 14.4 Å². The van der Waals surface area contributed by atoms with Crippen LogP contribution in [0.5, 0.6) is 0 Å². The van der Waals surface area contributed by atoms with Gasteiger partial charge in [0.2, 0.25) is 5.91 Å². The molecular weight excluding hydrogens is 376 g/mol. The van der Waals surface area contributed by atoms with Crippen LogP contribution in [0.1, 0.15) is 28.8 Å². The van der Waals surface area contributed by atoms with Gasteiger partial charge in [0, 0.05) is 30.2 Å². The average molecular weight is 397 g/mol. The normalized spacial score (nSPS) is 17.5. The fourth-order valence-corrected chi connectivity index (χ4v) is 3.10. The van der Waals surface area contributed by atoms with E-state index in [-0.39, 0.29) is 24.9 Å². The highest BCUT2D eigenvalue weighted by Gasteiger charge is 2.29. The van der Waals surface area contributed by atoms with Gasteiger partial charge < -0.3 is 14.9 Å². The van der Waals surface area contributed by atoms with Gasteiger partial charge in [0.25, 0.3) is 5.91 Å². The van der Waals surface area contributed by atoms with Gasteiger partial charge in [-0.05, 0) is 37.5 Å². The summed E-state index contributed by atoms with van der Waals surface area (Å²) in [6.45, 7) is 2.63. The topological polar surface area (TPSA) is 77.9 Å². The first kappa shape index (κ1) is 18.4. The number of aryl methyl sites for hydroxylation is 1. The number of carbonyl (C=O) groups excluding carboxylic acids is 2. The van der Waals surface area contributed by atoms with E-state index < -0.39 is 11.9 Å². The summed E-state index contributed by atoms with van der Waals surface area (Å²) in [6, 6.07) is 5.31. The lowest BCUT2D eigenvalue weighted by Crippen LogP contribution is -2.46. The van der Waals surface area contributed by atoms with Crippen molar-refractivity contribution < 1.29 is 19.5 Å². The van der Waals surface area contributed by atoms with Crippen molar-refractivity contribution in [3.63, 3.8) is 0 Å². The first-order chi connectivity index (χ1) is 11.3. The summed E-state index contributed by atoms with van der Waals surface area (Å²) < 4.78 is 0.841. The number of carboxylic acid groups (broad SMARTS) is 1. The number of benzene rings is 1. The number of hydrogen-bond donors (Lipinski definition) is 1. The third-order valence-electron chi connectivity index (χ3n) is 4.26. The molecule has 0 aliphatic carbocycles. The Hall–Kier alpha value is -1.89. The van der Waals surface area contributed by atoms with Gasteiger partial charge in [0.1, 0.15) is 0 Å². The van der Waals surface area contributed by atoms with E-state index in [0.717, 1.165) is 10.0 Å². The molecule has 0 aromatic heterocycles. The Labute approximate surface area is 149 Å². The summed E-state index contributed by atoms with van der Waals surface area (Å²) in [5.74, 6) is -1.85. The number of aliphatic carboxylic acids is 1. The Morgan fingerprint density at radius 1 is 1.38 bits per heavy atom. The summed E-state index contributed by atoms with van der Waals surface area (Å²) in [5, 5.41) is 9.10. The second-order valence-corrected chi connectivity index (χ2v) is 7.00. The molecule has 0 spiro atoms. The van der Waals surface area contributed by atoms with Crippen LogP contribution in [0.25, 0.3) is 0 Å². The molecule has 24 heavy (non-hydrogen) atoms. The highest BCUT2D eigenvalue weighted by molar-refractivity contribution is 9.10. The number of piperidine rings is 1. The number of hydrogen-bond acceptors (Lipinski definition) is 3. The van der Waals surface area contributed by atoms with Gasteiger partial charge >= 0.3 is 5.97 Å². The number of likely N-dealkylation sites (N-methyl/N-ethyl adjacent to an activating group) is 1. The number of likely N-dealkylation sites (tertiary alicyclic amines) is 1. The van der Waals surface area contributed by atoms with Gasteiger partial charge in [-0.1, -0.05) is 22.0 Å². The number of carboxylic acids is 1. The molecule has 1 aromatic carbocycles. The number of carbonyl (C=O) groups is 3. The third kappa shape index (κ3) is 4.35. The van der Waals surface area contributed by atoms with Crippen molar-refractivity contribution in [1.82, 2.24) is 9.80 Å². The lowest BCUT2D eigenvalue weighted by atomic mass is 9.98. The Morgan fingerprint density at radius 3 is 2.71 bits per heavy atom. The highest BCUT2D eigenvalue weighted by Crippen LogP contribution is 2.19. The van der Waals surface area contributed by atoms with Crippen molar-refractivity contribution in [2.24, 2.45) is 5.92 Å². The first-order valence-corrected chi connectivity index (χ1v) is 8.61. The molecule has 7 heteroatoms. The predicted molar refractivity (Wildman–Crippen MR) is 92.8 cm³/mol. The number of rotatable bonds is 4. The summed E-state index contributed by atoms with van der Waals surface area (Å²) in [4.78, 5) is 38.8. The molecule has 1 N–H and O–H groups in total. The molecule has 130 valence electrons. The zero-order chi connectivity index (χ0) is 17.9. The lowest BCUT2D eigenvalue weighted by molar-refractivity contribution is -0.145. The monoisotopic (exact) mass is 396 g/mol. The van der Waals surface area contributed by atoms with Gasteiger partial charge in [-0.2, -0.15) is 0 Å². The Bertz CT molecular complexity index is 662. The minimum absolute atomic E-state index is 0.0589. The lowest BCUT2D eigenvalue weighted by Gasteiger charge is -2.32. The molecular formula is C17H21BrN2O4. The summed E-state index contributed by atoms with van der Waals surface area (Å²) >= 11 is 3.40. The van der Waals surface area contributed by atoms with Crippen LogP contribution in [-0.4, -0.2) is 59.4 Å². The maximum absolute atomic E-state index is 12.4. The molecule has 1 aliphatic rings. The molecule has 1 aliphatic heterocycles. The zero-order valence-electron chi connectivity index (χ0n) is 13.8. The average Bonchev–Trinajstić information content (AvgIpc) is 2.56. The van der Waals surface area contributed by atoms with E-state index in [1.54, 1.807) is 19.2 Å². The van der Waals surface area contributed by atoms with E-state index in [4.69, 9.17) is 5.11 Å². The number of halogens is 1. The standard InChI is InChI=1S/C17H21BrN2O4/c1-11-5-6-12(8-14(11)18)16(22)19(2)10-15(21)20-7-3-4-13(9-20)17(23)24/h5-6,8,13H,3-4,7,9-10H2,1-2H3,(H,23,24). The maximum Gasteiger partial charge on any atom is 0.308 e. The van der Waals surface area contributed by atoms with E-state index >= 15 is 0 Å². The molecule has 1 saturated heterocycles. The van der Waals surface area contributed by atoms with Crippen LogP contribution < -0.4 is 0 Å². The highest BCUT2D eigenvalue weighted by atomic mass is 79.9. The first-order valence-electron chi connectivity index (χ1n) is 7.81. The minimum atomic E-state index is -0.874. The second-order valence-electron chi connectivity index (χ2n) is 6.14. The molecule has 2 rings (SSSR count). The van der Waals surface area contributed by atoms with Crippen molar-refractivity contribution in [3.05, 3.63) is 33.8 Å². The zero-order valence-corrected chi connectivity index (χ0v) is 15.4. The Morgan fingerprint density at radius 2 is 2.08 bits per heavy atom. The van der Waals surface area contributed by atoms with Crippen LogP contribution in [0.15, 0.2) is 22.7 Å². The van der Waals surface area contributed by atoms with E-state index in [0.29, 0.717) is 24.9 Å².